The summed E-state index contributed by atoms with van der Waals surface area (Å²) >= 11 is 0. The van der Waals surface area contributed by atoms with Crippen LogP contribution in [0.3, 0.4) is 0 Å². The molecule has 1 aliphatic heterocycles. The Hall–Kier alpha value is -3.12. The van der Waals surface area contributed by atoms with E-state index in [0.717, 1.165) is 52.9 Å². The molecule has 0 radical (unpaired) electrons. The maximum atomic E-state index is 13.1. The number of hydrogen-bond acceptors (Lipinski definition) is 4. The molecule has 5 rings (SSSR count). The highest BCUT2D eigenvalue weighted by Crippen LogP contribution is 2.30. The number of anilines is 1. The summed E-state index contributed by atoms with van der Waals surface area (Å²) in [4.78, 5) is 21.0. The van der Waals surface area contributed by atoms with Gasteiger partial charge in [-0.05, 0) is 68.3 Å². The van der Waals surface area contributed by atoms with Crippen molar-refractivity contribution in [3.8, 4) is 11.3 Å². The van der Waals surface area contributed by atoms with Crippen LogP contribution < -0.4 is 10.9 Å². The zero-order valence-corrected chi connectivity index (χ0v) is 17.6. The molecule has 6 nitrogen and oxygen atoms in total. The highest BCUT2D eigenvalue weighted by molar-refractivity contribution is 5.88. The minimum atomic E-state index is -0.130. The third-order valence-electron chi connectivity index (χ3n) is 5.84. The number of nitrogens with zero attached hydrogens (tertiary/aromatic N) is 2. The number of aryl methyl sites for hydroxylation is 3. The van der Waals surface area contributed by atoms with E-state index < -0.39 is 0 Å². The lowest BCUT2D eigenvalue weighted by molar-refractivity contribution is 0.120. The van der Waals surface area contributed by atoms with Crippen LogP contribution in [0.5, 0.6) is 0 Å². The molecule has 0 saturated carbocycles. The second-order valence-corrected chi connectivity index (χ2v) is 8.32. The molecule has 1 atom stereocenters. The molecule has 1 unspecified atom stereocenters. The molecule has 0 amide bonds. The number of ether oxygens (including phenoxy) is 1. The summed E-state index contributed by atoms with van der Waals surface area (Å²) in [6.07, 6.45) is 4.38. The van der Waals surface area contributed by atoms with Gasteiger partial charge in [0, 0.05) is 19.3 Å². The van der Waals surface area contributed by atoms with Crippen LogP contribution in [0.4, 0.5) is 5.82 Å². The van der Waals surface area contributed by atoms with E-state index in [0.29, 0.717) is 17.8 Å². The number of aromatic nitrogens is 3. The molecule has 0 spiro atoms. The summed E-state index contributed by atoms with van der Waals surface area (Å²) in [5.74, 6) is 0.832. The van der Waals surface area contributed by atoms with Gasteiger partial charge in [0.25, 0.3) is 5.56 Å². The number of H-pyrrole nitrogens is 1. The van der Waals surface area contributed by atoms with E-state index in [-0.39, 0.29) is 11.7 Å². The van der Waals surface area contributed by atoms with Gasteiger partial charge in [-0.3, -0.25) is 9.20 Å². The molecule has 1 fully saturated rings. The second-order valence-electron chi connectivity index (χ2n) is 8.32. The van der Waals surface area contributed by atoms with Gasteiger partial charge in [-0.1, -0.05) is 17.7 Å². The summed E-state index contributed by atoms with van der Waals surface area (Å²) in [6, 6.07) is 10.2. The number of aromatic amines is 1. The van der Waals surface area contributed by atoms with Crippen molar-refractivity contribution in [1.82, 2.24) is 14.4 Å². The van der Waals surface area contributed by atoms with Crippen molar-refractivity contribution < 1.29 is 4.74 Å². The van der Waals surface area contributed by atoms with Crippen LogP contribution in [0.1, 0.15) is 29.5 Å². The molecule has 3 aromatic heterocycles. The van der Waals surface area contributed by atoms with E-state index in [9.17, 15) is 4.79 Å². The van der Waals surface area contributed by atoms with Crippen molar-refractivity contribution in [1.29, 1.82) is 0 Å². The quantitative estimate of drug-likeness (QED) is 0.532. The molecule has 1 aromatic carbocycles. The van der Waals surface area contributed by atoms with Crippen LogP contribution in [0.25, 0.3) is 27.8 Å². The lowest BCUT2D eigenvalue weighted by atomic mass is 10.0. The minimum absolute atomic E-state index is 0.130. The number of fused-ring (bicyclic) bond motifs is 2. The average molecular weight is 402 g/mol. The van der Waals surface area contributed by atoms with Gasteiger partial charge in [-0.25, -0.2) is 4.98 Å². The molecular formula is C24H26N4O2. The summed E-state index contributed by atoms with van der Waals surface area (Å²) in [5, 5.41) is 4.54. The highest BCUT2D eigenvalue weighted by atomic mass is 16.5. The van der Waals surface area contributed by atoms with Crippen LogP contribution >= 0.6 is 0 Å². The van der Waals surface area contributed by atoms with E-state index in [1.54, 1.807) is 0 Å². The molecular weight excluding hydrogens is 376 g/mol. The van der Waals surface area contributed by atoms with Gasteiger partial charge in [-0.2, -0.15) is 0 Å². The fourth-order valence-corrected chi connectivity index (χ4v) is 4.39. The van der Waals surface area contributed by atoms with E-state index in [1.165, 1.54) is 5.56 Å². The molecule has 6 heteroatoms. The Balaban J connectivity index is 1.68. The lowest BCUT2D eigenvalue weighted by Gasteiger charge is -2.13. The molecule has 0 aliphatic carbocycles. The molecule has 2 N–H and O–H groups in total. The molecule has 30 heavy (non-hydrogen) atoms. The van der Waals surface area contributed by atoms with Gasteiger partial charge >= 0.3 is 0 Å². The third-order valence-corrected chi connectivity index (χ3v) is 5.84. The zero-order valence-electron chi connectivity index (χ0n) is 17.6. The maximum Gasteiger partial charge on any atom is 0.258 e. The maximum absolute atomic E-state index is 13.1. The van der Waals surface area contributed by atoms with Gasteiger partial charge < -0.3 is 15.0 Å². The van der Waals surface area contributed by atoms with Crippen LogP contribution in [0.15, 0.2) is 41.3 Å². The van der Waals surface area contributed by atoms with Gasteiger partial charge in [0.15, 0.2) is 0 Å². The normalized spacial score (nSPS) is 16.6. The predicted molar refractivity (Wildman–Crippen MR) is 120 cm³/mol. The average Bonchev–Trinajstić information content (AvgIpc) is 3.34. The van der Waals surface area contributed by atoms with Crippen molar-refractivity contribution in [2.45, 2.75) is 39.7 Å². The highest BCUT2D eigenvalue weighted by Gasteiger charge is 2.21. The Bertz CT molecular complexity index is 1310. The van der Waals surface area contributed by atoms with Crippen molar-refractivity contribution >= 4 is 22.4 Å². The van der Waals surface area contributed by atoms with Crippen LogP contribution in [0.2, 0.25) is 0 Å². The van der Waals surface area contributed by atoms with E-state index in [4.69, 9.17) is 9.72 Å². The summed E-state index contributed by atoms with van der Waals surface area (Å²) in [5.41, 5.74) is 6.16. The number of imidazole rings is 1. The summed E-state index contributed by atoms with van der Waals surface area (Å²) in [6.45, 7) is 7.65. The molecule has 1 aliphatic rings. The Morgan fingerprint density at radius 3 is 2.87 bits per heavy atom. The van der Waals surface area contributed by atoms with E-state index >= 15 is 0 Å². The first-order chi connectivity index (χ1) is 14.5. The molecule has 0 bridgehead atoms. The molecule has 154 valence electrons. The van der Waals surface area contributed by atoms with Gasteiger partial charge in [0.1, 0.15) is 17.2 Å². The first-order valence-electron chi connectivity index (χ1n) is 10.5. The van der Waals surface area contributed by atoms with Gasteiger partial charge in [0.05, 0.1) is 17.2 Å². The number of benzene rings is 1. The third kappa shape index (κ3) is 3.27. The van der Waals surface area contributed by atoms with Crippen molar-refractivity contribution in [3.63, 3.8) is 0 Å². The second kappa shape index (κ2) is 7.29. The first-order valence-corrected chi connectivity index (χ1v) is 10.5. The topological polar surface area (TPSA) is 71.4 Å². The van der Waals surface area contributed by atoms with Crippen LogP contribution in [-0.4, -0.2) is 33.6 Å². The van der Waals surface area contributed by atoms with Crippen LogP contribution in [0, 0.1) is 20.8 Å². The van der Waals surface area contributed by atoms with Crippen molar-refractivity contribution in [2.24, 2.45) is 0 Å². The smallest absolute Gasteiger partial charge is 0.258 e. The Labute approximate surface area is 174 Å². The molecule has 1 saturated heterocycles. The monoisotopic (exact) mass is 402 g/mol. The first kappa shape index (κ1) is 18.9. The fraction of sp³-hybridized carbons (Fsp3) is 0.333. The Kier molecular flexibility index (Phi) is 4.59. The minimum Gasteiger partial charge on any atom is -0.376 e. The van der Waals surface area contributed by atoms with Crippen molar-refractivity contribution in [3.05, 3.63) is 63.6 Å². The number of hydrogen-bond donors (Lipinski definition) is 2. The Morgan fingerprint density at radius 1 is 1.20 bits per heavy atom. The number of nitrogens with one attached hydrogen (secondary N) is 2. The number of pyridine rings is 2. The predicted octanol–water partition coefficient (Wildman–Crippen LogP) is 4.36. The Morgan fingerprint density at radius 2 is 2.07 bits per heavy atom. The fourth-order valence-electron chi connectivity index (χ4n) is 4.39. The summed E-state index contributed by atoms with van der Waals surface area (Å²) < 4.78 is 7.81. The van der Waals surface area contributed by atoms with E-state index in [1.807, 2.05) is 35.7 Å². The molecule has 4 aromatic rings. The molecule has 4 heterocycles. The van der Waals surface area contributed by atoms with E-state index in [2.05, 4.69) is 36.3 Å². The van der Waals surface area contributed by atoms with Gasteiger partial charge in [0.2, 0.25) is 0 Å². The summed E-state index contributed by atoms with van der Waals surface area (Å²) in [7, 11) is 0. The number of rotatable bonds is 4. The lowest BCUT2D eigenvalue weighted by Crippen LogP contribution is -2.20. The van der Waals surface area contributed by atoms with Crippen LogP contribution in [-0.2, 0) is 4.74 Å². The largest absolute Gasteiger partial charge is 0.376 e. The van der Waals surface area contributed by atoms with Crippen molar-refractivity contribution in [2.75, 3.05) is 18.5 Å². The van der Waals surface area contributed by atoms with Gasteiger partial charge in [-0.15, -0.1) is 0 Å². The zero-order chi connectivity index (χ0) is 20.8. The standard InChI is InChI=1S/C24H26N4O2/c1-14-6-7-20-26-22(23(28(20)13-14)25-12-18-5-4-8-30-18)19-11-17-10-15(2)9-16(3)21(17)27-24(19)29/h6-7,9-11,13,18,25H,4-5,8,12H2,1-3H3,(H,27,29). The SMILES string of the molecule is Cc1cc(C)c2[nH]c(=O)c(-c3nc4ccc(C)cn4c3NCC3CCCO3)cc2c1.